The fraction of sp³-hybridized carbons (Fsp3) is 0.917. The fourth-order valence-corrected chi connectivity index (χ4v) is 1.43. The highest BCUT2D eigenvalue weighted by molar-refractivity contribution is 5.73. The van der Waals surface area contributed by atoms with Crippen LogP contribution in [0, 0.1) is 0 Å². The Morgan fingerprint density at radius 1 is 1.06 bits per heavy atom. The molecule has 1 N–H and O–H groups in total. The molecule has 0 aromatic heterocycles. The van der Waals surface area contributed by atoms with Crippen LogP contribution in [0.5, 0.6) is 0 Å². The lowest BCUT2D eigenvalue weighted by Gasteiger charge is -2.33. The number of carbonyl (C=O) groups excluding carboxylic acids is 1. The first-order valence-electron chi connectivity index (χ1n) is 6.33. The van der Waals surface area contributed by atoms with Crippen molar-refractivity contribution in [2.45, 2.75) is 34.6 Å². The summed E-state index contributed by atoms with van der Waals surface area (Å²) in [6, 6.07) is 0. The Morgan fingerprint density at radius 3 is 1.81 bits per heavy atom. The van der Waals surface area contributed by atoms with E-state index in [4.69, 9.17) is 5.11 Å². The Morgan fingerprint density at radius 2 is 1.50 bits per heavy atom. The lowest BCUT2D eigenvalue weighted by molar-refractivity contribution is -0.130. The highest BCUT2D eigenvalue weighted by atomic mass is 16.3. The van der Waals surface area contributed by atoms with Gasteiger partial charge in [-0.1, -0.05) is 27.7 Å². The molecular weight excluding hydrogens is 204 g/mol. The summed E-state index contributed by atoms with van der Waals surface area (Å²) in [5.74, 6) is 0.152. The molecule has 1 amide bonds. The zero-order chi connectivity index (χ0) is 13.0. The molecule has 1 saturated heterocycles. The molecular formula is C12H28N2O2. The van der Waals surface area contributed by atoms with Gasteiger partial charge in [-0.2, -0.15) is 0 Å². The van der Waals surface area contributed by atoms with Crippen LogP contribution in [0.4, 0.5) is 0 Å². The number of piperazine rings is 1. The summed E-state index contributed by atoms with van der Waals surface area (Å²) >= 11 is 0. The summed E-state index contributed by atoms with van der Waals surface area (Å²) in [6.45, 7) is 13.9. The van der Waals surface area contributed by atoms with E-state index in [1.54, 1.807) is 6.92 Å². The molecule has 1 aliphatic rings. The predicted octanol–water partition coefficient (Wildman–Crippen LogP) is 1.20. The van der Waals surface area contributed by atoms with E-state index < -0.39 is 0 Å². The van der Waals surface area contributed by atoms with Crippen LogP contribution in [-0.4, -0.2) is 60.1 Å². The molecule has 0 radical (unpaired) electrons. The molecule has 4 heteroatoms. The maximum absolute atomic E-state index is 10.9. The van der Waals surface area contributed by atoms with Gasteiger partial charge in [0.1, 0.15) is 0 Å². The zero-order valence-electron chi connectivity index (χ0n) is 11.5. The normalized spacial score (nSPS) is 15.5. The van der Waals surface area contributed by atoms with Crippen LogP contribution in [0.15, 0.2) is 0 Å². The molecule has 0 unspecified atom stereocenters. The Kier molecular flexibility index (Phi) is 13.8. The molecule has 0 bridgehead atoms. The SMILES string of the molecule is CC.CC.CC(=O)N1CCN(CCO)CC1. The summed E-state index contributed by atoms with van der Waals surface area (Å²) in [5.41, 5.74) is 0. The van der Waals surface area contributed by atoms with Crippen LogP contribution in [0.2, 0.25) is 0 Å². The number of hydrogen-bond donors (Lipinski definition) is 1. The molecule has 1 aliphatic heterocycles. The van der Waals surface area contributed by atoms with Crippen molar-refractivity contribution in [1.29, 1.82) is 0 Å². The second-order valence-electron chi connectivity index (χ2n) is 3.07. The zero-order valence-corrected chi connectivity index (χ0v) is 11.5. The van der Waals surface area contributed by atoms with E-state index in [1.165, 1.54) is 0 Å². The number of carbonyl (C=O) groups is 1. The van der Waals surface area contributed by atoms with Crippen LogP contribution in [0.25, 0.3) is 0 Å². The van der Waals surface area contributed by atoms with Crippen LogP contribution in [-0.2, 0) is 4.79 Å². The Hall–Kier alpha value is -0.610. The van der Waals surface area contributed by atoms with Crippen LogP contribution < -0.4 is 0 Å². The van der Waals surface area contributed by atoms with E-state index in [-0.39, 0.29) is 12.5 Å². The van der Waals surface area contributed by atoms with Gasteiger partial charge in [0, 0.05) is 39.6 Å². The molecule has 16 heavy (non-hydrogen) atoms. The topological polar surface area (TPSA) is 43.8 Å². The fourth-order valence-electron chi connectivity index (χ4n) is 1.43. The summed E-state index contributed by atoms with van der Waals surface area (Å²) in [4.78, 5) is 14.9. The van der Waals surface area contributed by atoms with E-state index >= 15 is 0 Å². The van der Waals surface area contributed by atoms with Crippen molar-refractivity contribution in [3.05, 3.63) is 0 Å². The van der Waals surface area contributed by atoms with Gasteiger partial charge < -0.3 is 10.0 Å². The van der Waals surface area contributed by atoms with Gasteiger partial charge >= 0.3 is 0 Å². The van der Waals surface area contributed by atoms with E-state index in [0.29, 0.717) is 0 Å². The summed E-state index contributed by atoms with van der Waals surface area (Å²) in [5, 5.41) is 8.67. The molecule has 1 heterocycles. The van der Waals surface area contributed by atoms with Crippen molar-refractivity contribution in [2.75, 3.05) is 39.3 Å². The molecule has 1 rings (SSSR count). The van der Waals surface area contributed by atoms with Gasteiger partial charge in [0.2, 0.25) is 5.91 Å². The molecule has 4 nitrogen and oxygen atoms in total. The van der Waals surface area contributed by atoms with Crippen molar-refractivity contribution in [1.82, 2.24) is 9.80 Å². The number of aliphatic hydroxyl groups excluding tert-OH is 1. The highest BCUT2D eigenvalue weighted by Crippen LogP contribution is 2.00. The number of nitrogens with zero attached hydrogens (tertiary/aromatic N) is 2. The van der Waals surface area contributed by atoms with E-state index in [9.17, 15) is 4.79 Å². The minimum absolute atomic E-state index is 0.152. The monoisotopic (exact) mass is 232 g/mol. The minimum Gasteiger partial charge on any atom is -0.395 e. The van der Waals surface area contributed by atoms with Crippen LogP contribution in [0.3, 0.4) is 0 Å². The molecule has 0 spiro atoms. The van der Waals surface area contributed by atoms with Gasteiger partial charge in [-0.25, -0.2) is 0 Å². The number of amides is 1. The van der Waals surface area contributed by atoms with Gasteiger partial charge in [-0.05, 0) is 0 Å². The largest absolute Gasteiger partial charge is 0.395 e. The van der Waals surface area contributed by atoms with E-state index in [1.807, 2.05) is 32.6 Å². The Labute approximate surface area is 100 Å². The van der Waals surface area contributed by atoms with Crippen LogP contribution >= 0.6 is 0 Å². The maximum atomic E-state index is 10.9. The first-order chi connectivity index (χ1) is 7.74. The van der Waals surface area contributed by atoms with Crippen molar-refractivity contribution in [2.24, 2.45) is 0 Å². The van der Waals surface area contributed by atoms with Crippen molar-refractivity contribution in [3.63, 3.8) is 0 Å². The summed E-state index contributed by atoms with van der Waals surface area (Å²) < 4.78 is 0. The molecule has 0 atom stereocenters. The molecule has 0 saturated carbocycles. The lowest BCUT2D eigenvalue weighted by Crippen LogP contribution is -2.48. The second kappa shape index (κ2) is 12.5. The average Bonchev–Trinajstić information content (AvgIpc) is 2.35. The maximum Gasteiger partial charge on any atom is 0.219 e. The van der Waals surface area contributed by atoms with Gasteiger partial charge in [0.05, 0.1) is 6.61 Å². The molecule has 1 fully saturated rings. The second-order valence-corrected chi connectivity index (χ2v) is 3.07. The third-order valence-electron chi connectivity index (χ3n) is 2.23. The van der Waals surface area contributed by atoms with E-state index in [0.717, 1.165) is 32.7 Å². The molecule has 0 aromatic carbocycles. The van der Waals surface area contributed by atoms with Crippen molar-refractivity contribution in [3.8, 4) is 0 Å². The van der Waals surface area contributed by atoms with Crippen LogP contribution in [0.1, 0.15) is 34.6 Å². The third-order valence-corrected chi connectivity index (χ3v) is 2.23. The van der Waals surface area contributed by atoms with E-state index in [2.05, 4.69) is 4.90 Å². The average molecular weight is 232 g/mol. The first-order valence-corrected chi connectivity index (χ1v) is 6.33. The number of rotatable bonds is 2. The number of aliphatic hydroxyl groups is 1. The first kappa shape index (κ1) is 17.8. The summed E-state index contributed by atoms with van der Waals surface area (Å²) in [7, 11) is 0. The smallest absolute Gasteiger partial charge is 0.219 e. The number of hydrogen-bond acceptors (Lipinski definition) is 3. The lowest BCUT2D eigenvalue weighted by atomic mass is 10.3. The summed E-state index contributed by atoms with van der Waals surface area (Å²) in [6.07, 6.45) is 0. The Balaban J connectivity index is 0. The molecule has 0 aliphatic carbocycles. The predicted molar refractivity (Wildman–Crippen MR) is 68.5 cm³/mol. The Bertz CT molecular complexity index is 155. The van der Waals surface area contributed by atoms with Crippen molar-refractivity contribution >= 4 is 5.91 Å². The molecule has 98 valence electrons. The van der Waals surface area contributed by atoms with Gasteiger partial charge in [0.15, 0.2) is 0 Å². The van der Waals surface area contributed by atoms with Gasteiger partial charge in [-0.15, -0.1) is 0 Å². The highest BCUT2D eigenvalue weighted by Gasteiger charge is 2.17. The van der Waals surface area contributed by atoms with Gasteiger partial charge in [-0.3, -0.25) is 9.69 Å². The number of β-amino-alcohol motifs (C(OH)–C–C–N with tert-alkyl or cyclic N) is 1. The minimum atomic E-state index is 0.152. The van der Waals surface area contributed by atoms with Gasteiger partial charge in [0.25, 0.3) is 0 Å². The third kappa shape index (κ3) is 7.65. The quantitative estimate of drug-likeness (QED) is 0.778. The standard InChI is InChI=1S/C8H16N2O2.2C2H6/c1-8(12)10-4-2-9(3-5-10)6-7-11;2*1-2/h11H,2-7H2,1H3;2*1-2H3. The van der Waals surface area contributed by atoms with Crippen molar-refractivity contribution < 1.29 is 9.90 Å². The molecule has 0 aromatic rings.